The number of rotatable bonds is 30. The van der Waals surface area contributed by atoms with E-state index in [1.807, 2.05) is 6.08 Å². The van der Waals surface area contributed by atoms with Crippen molar-refractivity contribution in [2.24, 2.45) is 0 Å². The minimum absolute atomic E-state index is 0.305. The van der Waals surface area contributed by atoms with Crippen LogP contribution in [0.4, 0.5) is 0 Å². The maximum absolute atomic E-state index is 12.9. The molecule has 1 fully saturated rings. The molecule has 10 heteroatoms. The molecule has 0 aromatic carbocycles. The molecule has 0 aliphatic carbocycles. The lowest BCUT2D eigenvalue weighted by Crippen LogP contribution is -2.60. The standard InChI is InChI=1S/C38H71NO9/c1-3-5-7-9-11-13-15-16-17-19-20-22-24-26-31(41)30(29-47-38-36(45)35(44)34(43)33(28-40)48-38)39-37(46)32(42)27-25-23-21-18-14-12-10-8-6-4-2/h17,19,24,26,30-36,38,40-45H,3-16,18,20-23,25,27-29H2,1-2H3,(H,39,46)/b19-17+,26-24+. The average Bonchev–Trinajstić information content (AvgIpc) is 3.08. The fourth-order valence-corrected chi connectivity index (χ4v) is 5.88. The zero-order chi connectivity index (χ0) is 35.4. The topological polar surface area (TPSA) is 169 Å². The molecule has 0 spiro atoms. The maximum Gasteiger partial charge on any atom is 0.249 e. The van der Waals surface area contributed by atoms with Crippen LogP contribution in [-0.4, -0.2) is 98.7 Å². The van der Waals surface area contributed by atoms with Gasteiger partial charge >= 0.3 is 0 Å². The summed E-state index contributed by atoms with van der Waals surface area (Å²) in [5.74, 6) is -0.630. The van der Waals surface area contributed by atoms with Crippen LogP contribution in [0, 0.1) is 0 Å². The molecule has 8 atom stereocenters. The van der Waals surface area contributed by atoms with Gasteiger partial charge in [-0.05, 0) is 32.1 Å². The highest BCUT2D eigenvalue weighted by atomic mass is 16.7. The summed E-state index contributed by atoms with van der Waals surface area (Å²) in [7, 11) is 0. The summed E-state index contributed by atoms with van der Waals surface area (Å²) >= 11 is 0. The monoisotopic (exact) mass is 686 g/mol. The van der Waals surface area contributed by atoms with E-state index in [2.05, 4.69) is 31.3 Å². The second-order valence-electron chi connectivity index (χ2n) is 13.5. The van der Waals surface area contributed by atoms with Gasteiger partial charge in [0.15, 0.2) is 6.29 Å². The Morgan fingerprint density at radius 1 is 0.708 bits per heavy atom. The molecule has 7 N–H and O–H groups in total. The Bertz CT molecular complexity index is 824. The summed E-state index contributed by atoms with van der Waals surface area (Å²) in [6.07, 6.45) is 21.3. The van der Waals surface area contributed by atoms with Crippen LogP contribution >= 0.6 is 0 Å². The third-order valence-corrected chi connectivity index (χ3v) is 9.14. The highest BCUT2D eigenvalue weighted by Gasteiger charge is 2.44. The fourth-order valence-electron chi connectivity index (χ4n) is 5.88. The van der Waals surface area contributed by atoms with E-state index in [0.717, 1.165) is 32.1 Å². The summed E-state index contributed by atoms with van der Waals surface area (Å²) in [5, 5.41) is 64.2. The molecule has 1 aliphatic rings. The molecule has 282 valence electrons. The first-order valence-corrected chi connectivity index (χ1v) is 19.2. The number of hydrogen-bond acceptors (Lipinski definition) is 9. The second kappa shape index (κ2) is 29.4. The SMILES string of the molecule is CCCCCCCCC/C=C/CC/C=C/C(O)C(COC1OC(CO)C(O)C(O)C1O)NC(=O)C(O)CCCCCCCCCCCC. The van der Waals surface area contributed by atoms with Crippen molar-refractivity contribution in [2.45, 2.75) is 198 Å². The smallest absolute Gasteiger partial charge is 0.249 e. The summed E-state index contributed by atoms with van der Waals surface area (Å²) < 4.78 is 11.1. The van der Waals surface area contributed by atoms with Crippen LogP contribution in [0.15, 0.2) is 24.3 Å². The third-order valence-electron chi connectivity index (χ3n) is 9.14. The highest BCUT2D eigenvalue weighted by molar-refractivity contribution is 5.80. The van der Waals surface area contributed by atoms with Crippen LogP contribution in [0.5, 0.6) is 0 Å². The summed E-state index contributed by atoms with van der Waals surface area (Å²) in [6, 6.07) is -0.989. The van der Waals surface area contributed by atoms with Gasteiger partial charge in [0.2, 0.25) is 5.91 Å². The molecule has 1 saturated heterocycles. The van der Waals surface area contributed by atoms with Gasteiger partial charge in [-0.25, -0.2) is 0 Å². The van der Waals surface area contributed by atoms with E-state index >= 15 is 0 Å². The lowest BCUT2D eigenvalue weighted by atomic mass is 9.99. The molecule has 0 bridgehead atoms. The molecule has 1 heterocycles. The Labute approximate surface area is 291 Å². The first-order chi connectivity index (χ1) is 23.3. The van der Waals surface area contributed by atoms with E-state index < -0.39 is 61.5 Å². The number of carbonyl (C=O) groups is 1. The molecular weight excluding hydrogens is 614 g/mol. The average molecular weight is 686 g/mol. The van der Waals surface area contributed by atoms with Crippen molar-refractivity contribution in [3.05, 3.63) is 24.3 Å². The zero-order valence-corrected chi connectivity index (χ0v) is 30.1. The van der Waals surface area contributed by atoms with Crippen LogP contribution in [0.2, 0.25) is 0 Å². The first-order valence-electron chi connectivity index (χ1n) is 19.2. The number of aliphatic hydroxyl groups is 6. The largest absolute Gasteiger partial charge is 0.394 e. The second-order valence-corrected chi connectivity index (χ2v) is 13.5. The Kier molecular flexibility index (Phi) is 27.3. The van der Waals surface area contributed by atoms with Crippen LogP contribution in [0.1, 0.15) is 149 Å². The van der Waals surface area contributed by atoms with Crippen molar-refractivity contribution >= 4 is 5.91 Å². The number of hydrogen-bond donors (Lipinski definition) is 7. The quantitative estimate of drug-likeness (QED) is 0.0389. The molecular formula is C38H71NO9. The Hall–Kier alpha value is -1.37. The van der Waals surface area contributed by atoms with Crippen LogP contribution in [0.25, 0.3) is 0 Å². The molecule has 1 aliphatic heterocycles. The molecule has 8 unspecified atom stereocenters. The van der Waals surface area contributed by atoms with Gasteiger partial charge in [-0.1, -0.05) is 141 Å². The number of ether oxygens (including phenoxy) is 2. The van der Waals surface area contributed by atoms with Crippen LogP contribution < -0.4 is 5.32 Å². The molecule has 0 saturated carbocycles. The molecule has 48 heavy (non-hydrogen) atoms. The first kappa shape index (κ1) is 44.7. The van der Waals surface area contributed by atoms with Crippen molar-refractivity contribution < 1.29 is 44.9 Å². The van der Waals surface area contributed by atoms with Crippen molar-refractivity contribution in [1.29, 1.82) is 0 Å². The van der Waals surface area contributed by atoms with Gasteiger partial charge in [0.1, 0.15) is 30.5 Å². The van der Waals surface area contributed by atoms with E-state index in [-0.39, 0.29) is 6.61 Å². The van der Waals surface area contributed by atoms with Crippen molar-refractivity contribution in [3.8, 4) is 0 Å². The molecule has 0 aromatic heterocycles. The van der Waals surface area contributed by atoms with Crippen LogP contribution in [0.3, 0.4) is 0 Å². The summed E-state index contributed by atoms with van der Waals surface area (Å²) in [4.78, 5) is 12.9. The number of unbranched alkanes of at least 4 members (excludes halogenated alkanes) is 17. The summed E-state index contributed by atoms with van der Waals surface area (Å²) in [5.41, 5.74) is 0. The van der Waals surface area contributed by atoms with Crippen molar-refractivity contribution in [2.75, 3.05) is 13.2 Å². The zero-order valence-electron chi connectivity index (χ0n) is 30.1. The fraction of sp³-hybridized carbons (Fsp3) is 0.868. The maximum atomic E-state index is 12.9. The van der Waals surface area contributed by atoms with Crippen LogP contribution in [-0.2, 0) is 14.3 Å². The minimum Gasteiger partial charge on any atom is -0.394 e. The van der Waals surface area contributed by atoms with E-state index in [1.165, 1.54) is 83.5 Å². The van der Waals surface area contributed by atoms with Gasteiger partial charge in [-0.15, -0.1) is 0 Å². The number of allylic oxidation sites excluding steroid dienone is 3. The van der Waals surface area contributed by atoms with E-state index in [9.17, 15) is 35.4 Å². The highest BCUT2D eigenvalue weighted by Crippen LogP contribution is 2.22. The Morgan fingerprint density at radius 3 is 1.81 bits per heavy atom. The number of amides is 1. The lowest BCUT2D eigenvalue weighted by Gasteiger charge is -2.40. The predicted molar refractivity (Wildman–Crippen MR) is 190 cm³/mol. The van der Waals surface area contributed by atoms with Gasteiger partial charge in [0, 0.05) is 0 Å². The molecule has 0 aromatic rings. The Morgan fingerprint density at radius 2 is 1.23 bits per heavy atom. The van der Waals surface area contributed by atoms with Crippen molar-refractivity contribution in [1.82, 2.24) is 5.32 Å². The molecule has 10 nitrogen and oxygen atoms in total. The number of nitrogens with one attached hydrogen (secondary N) is 1. The summed E-state index contributed by atoms with van der Waals surface area (Å²) in [6.45, 7) is 3.52. The normalized spacial score (nSPS) is 23.5. The lowest BCUT2D eigenvalue weighted by molar-refractivity contribution is -0.302. The van der Waals surface area contributed by atoms with Crippen molar-refractivity contribution in [3.63, 3.8) is 0 Å². The van der Waals surface area contributed by atoms with Gasteiger partial charge < -0.3 is 45.4 Å². The van der Waals surface area contributed by atoms with E-state index in [0.29, 0.717) is 19.3 Å². The Balaban J connectivity index is 2.57. The number of carbonyl (C=O) groups excluding carboxylic acids is 1. The molecule has 1 amide bonds. The molecule has 0 radical (unpaired) electrons. The minimum atomic E-state index is -1.61. The van der Waals surface area contributed by atoms with Gasteiger partial charge in [0.05, 0.1) is 25.4 Å². The van der Waals surface area contributed by atoms with Gasteiger partial charge in [-0.3, -0.25) is 4.79 Å². The van der Waals surface area contributed by atoms with Gasteiger partial charge in [0.25, 0.3) is 0 Å². The predicted octanol–water partition coefficient (Wildman–Crippen LogP) is 5.35. The van der Waals surface area contributed by atoms with Gasteiger partial charge in [-0.2, -0.15) is 0 Å². The molecule has 1 rings (SSSR count). The third kappa shape index (κ3) is 20.3. The van der Waals surface area contributed by atoms with E-state index in [1.54, 1.807) is 6.08 Å². The number of aliphatic hydroxyl groups excluding tert-OH is 6. The van der Waals surface area contributed by atoms with E-state index in [4.69, 9.17) is 9.47 Å².